The molecule has 0 aliphatic carbocycles. The van der Waals surface area contributed by atoms with Gasteiger partial charge in [0.2, 0.25) is 9.84 Å². The number of rotatable bonds is 7. The van der Waals surface area contributed by atoms with Crippen molar-refractivity contribution in [2.45, 2.75) is 19.6 Å². The molecule has 1 aliphatic rings. The molecule has 7 aromatic rings. The van der Waals surface area contributed by atoms with Gasteiger partial charge in [-0.25, -0.2) is 13.4 Å². The summed E-state index contributed by atoms with van der Waals surface area (Å²) in [5.74, 6) is 1.34. The summed E-state index contributed by atoms with van der Waals surface area (Å²) in [7, 11) is -0.394. The lowest BCUT2D eigenvalue weighted by Crippen LogP contribution is -2.15. The predicted octanol–water partition coefficient (Wildman–Crippen LogP) is 10.4. The molecule has 1 aliphatic heterocycles. The van der Waals surface area contributed by atoms with Gasteiger partial charge < -0.3 is 14.4 Å². The molecule has 0 amide bonds. The summed E-state index contributed by atoms with van der Waals surface area (Å²) in [5.41, 5.74) is 7.21. The molecule has 1 aromatic heterocycles. The number of methoxy groups -OCH3 is 2. The molecular formula is C41H30N2O4S2. The Hall–Kier alpha value is -5.57. The number of nitrogens with zero attached hydrogens (tertiary/aromatic N) is 2. The van der Waals surface area contributed by atoms with Crippen LogP contribution in [0.5, 0.6) is 11.5 Å². The molecule has 0 fully saturated rings. The third-order valence-corrected chi connectivity index (χ3v) is 11.6. The van der Waals surface area contributed by atoms with Crippen molar-refractivity contribution >= 4 is 49.6 Å². The van der Waals surface area contributed by atoms with Gasteiger partial charge in [-0.2, -0.15) is 0 Å². The van der Waals surface area contributed by atoms with Crippen LogP contribution in [0.2, 0.25) is 0 Å². The Morgan fingerprint density at radius 2 is 1.14 bits per heavy atom. The average molecular weight is 679 g/mol. The Bertz CT molecular complexity index is 2400. The average Bonchev–Trinajstić information content (AvgIpc) is 3.16. The van der Waals surface area contributed by atoms with Crippen LogP contribution in [0.15, 0.2) is 165 Å². The van der Waals surface area contributed by atoms with Crippen molar-refractivity contribution in [2.24, 2.45) is 0 Å². The smallest absolute Gasteiger partial charge is 0.206 e. The van der Waals surface area contributed by atoms with E-state index in [1.54, 1.807) is 68.4 Å². The van der Waals surface area contributed by atoms with Crippen LogP contribution in [-0.2, 0) is 9.84 Å². The number of ether oxygens (including phenoxy) is 2. The molecule has 0 unspecified atom stereocenters. The van der Waals surface area contributed by atoms with E-state index in [0.29, 0.717) is 17.2 Å². The van der Waals surface area contributed by atoms with Crippen molar-refractivity contribution in [3.63, 3.8) is 0 Å². The Morgan fingerprint density at radius 3 is 1.78 bits per heavy atom. The minimum atomic E-state index is -3.67. The Kier molecular flexibility index (Phi) is 7.82. The van der Waals surface area contributed by atoms with Crippen molar-refractivity contribution in [3.8, 4) is 33.9 Å². The molecule has 0 atom stereocenters. The second-order valence-electron chi connectivity index (χ2n) is 11.5. The number of fused-ring (bicyclic) bond motifs is 3. The molecule has 2 heterocycles. The first kappa shape index (κ1) is 30.7. The molecule has 0 N–H and O–H groups in total. The molecule has 8 heteroatoms. The van der Waals surface area contributed by atoms with E-state index in [1.165, 1.54) is 0 Å². The Balaban J connectivity index is 1.37. The fraction of sp³-hybridized carbons (Fsp3) is 0.0488. The number of sulfone groups is 1. The summed E-state index contributed by atoms with van der Waals surface area (Å²) >= 11 is 1.76. The number of hydrogen-bond donors (Lipinski definition) is 0. The van der Waals surface area contributed by atoms with Crippen LogP contribution in [-0.4, -0.2) is 27.6 Å². The van der Waals surface area contributed by atoms with Gasteiger partial charge in [0.05, 0.1) is 52.3 Å². The van der Waals surface area contributed by atoms with Crippen LogP contribution >= 0.6 is 11.8 Å². The summed E-state index contributed by atoms with van der Waals surface area (Å²) < 4.78 is 38.1. The van der Waals surface area contributed by atoms with Crippen molar-refractivity contribution in [1.82, 2.24) is 4.98 Å². The van der Waals surface area contributed by atoms with E-state index >= 15 is 0 Å². The van der Waals surface area contributed by atoms with Crippen molar-refractivity contribution in [1.29, 1.82) is 0 Å². The normalized spacial score (nSPS) is 12.3. The lowest BCUT2D eigenvalue weighted by Gasteiger charge is -2.33. The third kappa shape index (κ3) is 5.49. The van der Waals surface area contributed by atoms with Gasteiger partial charge in [0.15, 0.2) is 0 Å². The zero-order valence-electron chi connectivity index (χ0n) is 26.7. The van der Waals surface area contributed by atoms with Crippen LogP contribution in [0.1, 0.15) is 0 Å². The maximum atomic E-state index is 13.4. The largest absolute Gasteiger partial charge is 0.497 e. The van der Waals surface area contributed by atoms with Crippen LogP contribution in [0.3, 0.4) is 0 Å². The second-order valence-corrected chi connectivity index (χ2v) is 14.6. The van der Waals surface area contributed by atoms with E-state index in [1.807, 2.05) is 30.3 Å². The monoisotopic (exact) mass is 678 g/mol. The fourth-order valence-corrected chi connectivity index (χ4v) is 8.61. The highest BCUT2D eigenvalue weighted by molar-refractivity contribution is 7.99. The van der Waals surface area contributed by atoms with E-state index < -0.39 is 9.84 Å². The predicted molar refractivity (Wildman–Crippen MR) is 196 cm³/mol. The summed E-state index contributed by atoms with van der Waals surface area (Å²) in [6, 6.07) is 46.4. The van der Waals surface area contributed by atoms with Gasteiger partial charge in [-0.05, 0) is 83.9 Å². The molecule has 49 heavy (non-hydrogen) atoms. The van der Waals surface area contributed by atoms with E-state index in [4.69, 9.17) is 14.5 Å². The molecular weight excluding hydrogens is 649 g/mol. The molecule has 0 saturated heterocycles. The van der Waals surface area contributed by atoms with Crippen LogP contribution in [0.25, 0.3) is 33.3 Å². The second kappa shape index (κ2) is 12.5. The lowest BCUT2D eigenvalue weighted by atomic mass is 9.96. The molecule has 0 saturated carbocycles. The molecule has 240 valence electrons. The Morgan fingerprint density at radius 1 is 0.571 bits per heavy atom. The van der Waals surface area contributed by atoms with Crippen LogP contribution in [0.4, 0.5) is 17.1 Å². The van der Waals surface area contributed by atoms with E-state index in [2.05, 4.69) is 77.7 Å². The molecule has 6 nitrogen and oxygen atoms in total. The number of aromatic nitrogens is 1. The van der Waals surface area contributed by atoms with Crippen LogP contribution < -0.4 is 14.4 Å². The van der Waals surface area contributed by atoms with E-state index in [9.17, 15) is 8.42 Å². The maximum absolute atomic E-state index is 13.4. The number of para-hydroxylation sites is 3. The Labute approximate surface area is 289 Å². The minimum absolute atomic E-state index is 0.223. The van der Waals surface area contributed by atoms with Gasteiger partial charge in [0, 0.05) is 26.8 Å². The first-order chi connectivity index (χ1) is 23.9. The number of benzene rings is 6. The molecule has 8 rings (SSSR count). The highest BCUT2D eigenvalue weighted by Crippen LogP contribution is 2.52. The number of pyridine rings is 1. The summed E-state index contributed by atoms with van der Waals surface area (Å²) in [4.78, 5) is 10.4. The zero-order valence-corrected chi connectivity index (χ0v) is 28.3. The fourth-order valence-electron chi connectivity index (χ4n) is 6.27. The third-order valence-electron chi connectivity index (χ3n) is 8.67. The van der Waals surface area contributed by atoms with Gasteiger partial charge >= 0.3 is 0 Å². The minimum Gasteiger partial charge on any atom is -0.497 e. The molecule has 6 aromatic carbocycles. The quantitative estimate of drug-likeness (QED) is 0.166. The first-order valence-electron chi connectivity index (χ1n) is 15.7. The molecule has 0 bridgehead atoms. The van der Waals surface area contributed by atoms with Crippen molar-refractivity contribution < 1.29 is 17.9 Å². The van der Waals surface area contributed by atoms with Gasteiger partial charge in [-0.3, -0.25) is 0 Å². The summed E-state index contributed by atoms with van der Waals surface area (Å²) in [6.45, 7) is 0. The molecule has 0 spiro atoms. The molecule has 0 radical (unpaired) electrons. The zero-order chi connectivity index (χ0) is 33.5. The number of hydrogen-bond acceptors (Lipinski definition) is 7. The highest BCUT2D eigenvalue weighted by atomic mass is 32.2. The van der Waals surface area contributed by atoms with Crippen LogP contribution in [0, 0.1) is 0 Å². The lowest BCUT2D eigenvalue weighted by molar-refractivity contribution is 0.394. The van der Waals surface area contributed by atoms with E-state index in [-0.39, 0.29) is 9.79 Å². The van der Waals surface area contributed by atoms with Crippen molar-refractivity contribution in [2.75, 3.05) is 19.1 Å². The van der Waals surface area contributed by atoms with Crippen molar-refractivity contribution in [3.05, 3.63) is 146 Å². The van der Waals surface area contributed by atoms with Gasteiger partial charge in [-0.15, -0.1) is 0 Å². The van der Waals surface area contributed by atoms with E-state index in [0.717, 1.165) is 54.4 Å². The highest BCUT2D eigenvalue weighted by Gasteiger charge is 2.27. The standard InChI is InChI=1S/C41H30N2O4S2/c1-46-29-23-28(24-30(25-29)47-2)34-26-35(27-19-21-32(22-20-27)49(44,45)31-11-4-3-5-12-31)42-41-33(34)13-10-16-38(41)43-36-14-6-8-17-39(36)48-40-18-9-7-15-37(40)43/h3-26H,1-2H3. The maximum Gasteiger partial charge on any atom is 0.206 e. The van der Waals surface area contributed by atoms with Gasteiger partial charge in [0.25, 0.3) is 0 Å². The van der Waals surface area contributed by atoms with Gasteiger partial charge in [0.1, 0.15) is 11.5 Å². The SMILES string of the molecule is COc1cc(OC)cc(-c2cc(-c3ccc(S(=O)(=O)c4ccccc4)cc3)nc3c(N4c5ccccc5Sc5ccccc54)cccc23)c1. The first-order valence-corrected chi connectivity index (χ1v) is 18.0. The summed E-state index contributed by atoms with van der Waals surface area (Å²) in [5, 5.41) is 0.952. The van der Waals surface area contributed by atoms with Gasteiger partial charge in [-0.1, -0.05) is 78.5 Å². The summed E-state index contributed by atoms with van der Waals surface area (Å²) in [6.07, 6.45) is 0. The topological polar surface area (TPSA) is 68.7 Å². The number of anilines is 3.